The first-order chi connectivity index (χ1) is 11.5. The first-order valence-electron chi connectivity index (χ1n) is 7.46. The molecular formula is C17H16ClN3O2S. The number of nitrogens with zero attached hydrogens (tertiary/aromatic N) is 2. The SMILES string of the molecule is Cc1cc(C)c(NC(=O)CCc2nnc(-c3cccs3)o2)c(Cl)c1. The topological polar surface area (TPSA) is 68.0 Å². The highest BCUT2D eigenvalue weighted by atomic mass is 35.5. The van der Waals surface area contributed by atoms with Crippen LogP contribution in [0.3, 0.4) is 0 Å². The van der Waals surface area contributed by atoms with E-state index in [0.29, 0.717) is 28.9 Å². The summed E-state index contributed by atoms with van der Waals surface area (Å²) in [7, 11) is 0. The highest BCUT2D eigenvalue weighted by Gasteiger charge is 2.13. The van der Waals surface area contributed by atoms with E-state index in [1.54, 1.807) is 0 Å². The second-order valence-corrected chi connectivity index (χ2v) is 6.82. The van der Waals surface area contributed by atoms with Gasteiger partial charge in [0.05, 0.1) is 15.6 Å². The second kappa shape index (κ2) is 7.15. The number of carbonyl (C=O) groups excluding carboxylic acids is 1. The van der Waals surface area contributed by atoms with Crippen LogP contribution in [0.4, 0.5) is 5.69 Å². The van der Waals surface area contributed by atoms with Crippen molar-refractivity contribution in [1.29, 1.82) is 0 Å². The van der Waals surface area contributed by atoms with Crippen molar-refractivity contribution in [3.05, 3.63) is 51.7 Å². The number of nitrogens with one attached hydrogen (secondary N) is 1. The van der Waals surface area contributed by atoms with Gasteiger partial charge in [0.25, 0.3) is 5.89 Å². The molecule has 0 radical (unpaired) electrons. The molecule has 0 aliphatic rings. The van der Waals surface area contributed by atoms with Crippen molar-refractivity contribution >= 4 is 34.5 Å². The Morgan fingerprint density at radius 3 is 2.88 bits per heavy atom. The average Bonchev–Trinajstić information content (AvgIpc) is 3.19. The number of halogens is 1. The molecule has 0 atom stereocenters. The van der Waals surface area contributed by atoms with Crippen LogP contribution < -0.4 is 5.32 Å². The minimum absolute atomic E-state index is 0.139. The number of amides is 1. The molecule has 5 nitrogen and oxygen atoms in total. The first-order valence-corrected chi connectivity index (χ1v) is 8.71. The lowest BCUT2D eigenvalue weighted by Crippen LogP contribution is -2.13. The fraction of sp³-hybridized carbons (Fsp3) is 0.235. The van der Waals surface area contributed by atoms with Crippen LogP contribution in [0.5, 0.6) is 0 Å². The molecule has 2 heterocycles. The maximum atomic E-state index is 12.2. The summed E-state index contributed by atoms with van der Waals surface area (Å²) in [5.74, 6) is 0.790. The van der Waals surface area contributed by atoms with Gasteiger partial charge in [0.15, 0.2) is 0 Å². The number of carbonyl (C=O) groups is 1. The molecule has 1 aromatic carbocycles. The molecule has 1 N–H and O–H groups in total. The van der Waals surface area contributed by atoms with Gasteiger partial charge in [-0.1, -0.05) is 23.7 Å². The molecule has 3 aromatic rings. The summed E-state index contributed by atoms with van der Waals surface area (Å²) < 4.78 is 5.57. The Kier molecular flexibility index (Phi) is 4.97. The van der Waals surface area contributed by atoms with Crippen LogP contribution in [0.15, 0.2) is 34.1 Å². The molecule has 3 rings (SSSR count). The van der Waals surface area contributed by atoms with E-state index in [1.165, 1.54) is 11.3 Å². The smallest absolute Gasteiger partial charge is 0.257 e. The lowest BCUT2D eigenvalue weighted by atomic mass is 10.1. The predicted molar refractivity (Wildman–Crippen MR) is 95.5 cm³/mol. The van der Waals surface area contributed by atoms with E-state index in [0.717, 1.165) is 16.0 Å². The Morgan fingerprint density at radius 1 is 1.33 bits per heavy atom. The van der Waals surface area contributed by atoms with Crippen LogP contribution in [0.25, 0.3) is 10.8 Å². The highest BCUT2D eigenvalue weighted by molar-refractivity contribution is 7.13. The van der Waals surface area contributed by atoms with Crippen molar-refractivity contribution in [3.8, 4) is 10.8 Å². The minimum Gasteiger partial charge on any atom is -0.420 e. The van der Waals surface area contributed by atoms with Crippen molar-refractivity contribution in [1.82, 2.24) is 10.2 Å². The van der Waals surface area contributed by atoms with Crippen LogP contribution in [-0.4, -0.2) is 16.1 Å². The standard InChI is InChI=1S/C17H16ClN3O2S/c1-10-8-11(2)16(12(18)9-10)19-14(22)5-6-15-20-21-17(23-15)13-4-3-7-24-13/h3-4,7-9H,5-6H2,1-2H3,(H,19,22). The number of hydrogen-bond donors (Lipinski definition) is 1. The third-order valence-corrected chi connectivity index (χ3v) is 4.62. The molecule has 0 aliphatic carbocycles. The summed E-state index contributed by atoms with van der Waals surface area (Å²) >= 11 is 7.73. The summed E-state index contributed by atoms with van der Waals surface area (Å²) in [6.07, 6.45) is 0.627. The van der Waals surface area contributed by atoms with Crippen molar-refractivity contribution < 1.29 is 9.21 Å². The van der Waals surface area contributed by atoms with Crippen molar-refractivity contribution in [3.63, 3.8) is 0 Å². The summed E-state index contributed by atoms with van der Waals surface area (Å²) in [6.45, 7) is 3.88. The van der Waals surface area contributed by atoms with Crippen LogP contribution in [0.2, 0.25) is 5.02 Å². The molecule has 7 heteroatoms. The number of benzene rings is 1. The van der Waals surface area contributed by atoms with Crippen LogP contribution in [0, 0.1) is 13.8 Å². The third-order valence-electron chi connectivity index (χ3n) is 3.46. The molecule has 0 bridgehead atoms. The molecule has 0 fully saturated rings. The molecule has 0 spiro atoms. The van der Waals surface area contributed by atoms with Gasteiger partial charge in [-0.05, 0) is 42.5 Å². The van der Waals surface area contributed by atoms with E-state index in [9.17, 15) is 4.79 Å². The predicted octanol–water partition coefficient (Wildman–Crippen LogP) is 4.64. The third kappa shape index (κ3) is 3.83. The van der Waals surface area contributed by atoms with Crippen LogP contribution in [-0.2, 0) is 11.2 Å². The molecule has 1 amide bonds. The van der Waals surface area contributed by atoms with Gasteiger partial charge in [-0.15, -0.1) is 21.5 Å². The quantitative estimate of drug-likeness (QED) is 0.718. The first kappa shape index (κ1) is 16.7. The van der Waals surface area contributed by atoms with E-state index in [-0.39, 0.29) is 12.3 Å². The largest absolute Gasteiger partial charge is 0.420 e. The number of hydrogen-bond acceptors (Lipinski definition) is 5. The molecule has 0 unspecified atom stereocenters. The van der Waals surface area contributed by atoms with Gasteiger partial charge in [0.1, 0.15) is 0 Å². The Labute approximate surface area is 148 Å². The molecule has 0 saturated heterocycles. The lowest BCUT2D eigenvalue weighted by Gasteiger charge is -2.11. The number of aryl methyl sites for hydroxylation is 3. The zero-order valence-corrected chi connectivity index (χ0v) is 14.9. The minimum atomic E-state index is -0.139. The molecular weight excluding hydrogens is 346 g/mol. The Hall–Kier alpha value is -2.18. The van der Waals surface area contributed by atoms with Gasteiger partial charge >= 0.3 is 0 Å². The normalized spacial score (nSPS) is 10.8. The van der Waals surface area contributed by atoms with Gasteiger partial charge < -0.3 is 9.73 Å². The number of thiophene rings is 1. The number of rotatable bonds is 5. The van der Waals surface area contributed by atoms with E-state index < -0.39 is 0 Å². The summed E-state index contributed by atoms with van der Waals surface area (Å²) in [4.78, 5) is 13.1. The van der Waals surface area contributed by atoms with Crippen LogP contribution >= 0.6 is 22.9 Å². The van der Waals surface area contributed by atoms with E-state index >= 15 is 0 Å². The molecule has 0 saturated carbocycles. The fourth-order valence-electron chi connectivity index (χ4n) is 2.35. The Balaban J connectivity index is 1.60. The van der Waals surface area contributed by atoms with Gasteiger partial charge in [-0.2, -0.15) is 0 Å². The summed E-state index contributed by atoms with van der Waals surface area (Å²) in [5.41, 5.74) is 2.64. The van der Waals surface area contributed by atoms with E-state index in [1.807, 2.05) is 43.5 Å². The van der Waals surface area contributed by atoms with Crippen molar-refractivity contribution in [2.24, 2.45) is 0 Å². The summed E-state index contributed by atoms with van der Waals surface area (Å²) in [6, 6.07) is 7.64. The summed E-state index contributed by atoms with van der Waals surface area (Å²) in [5, 5.41) is 13.3. The zero-order valence-electron chi connectivity index (χ0n) is 13.3. The molecule has 24 heavy (non-hydrogen) atoms. The molecule has 124 valence electrons. The highest BCUT2D eigenvalue weighted by Crippen LogP contribution is 2.27. The van der Waals surface area contributed by atoms with Gasteiger partial charge in [-0.3, -0.25) is 4.79 Å². The second-order valence-electron chi connectivity index (χ2n) is 5.47. The monoisotopic (exact) mass is 361 g/mol. The maximum Gasteiger partial charge on any atom is 0.257 e. The van der Waals surface area contributed by atoms with E-state index in [2.05, 4.69) is 15.5 Å². The fourth-order valence-corrected chi connectivity index (χ4v) is 3.36. The van der Waals surface area contributed by atoms with Gasteiger partial charge in [0, 0.05) is 12.8 Å². The van der Waals surface area contributed by atoms with Crippen molar-refractivity contribution in [2.45, 2.75) is 26.7 Å². The number of anilines is 1. The lowest BCUT2D eigenvalue weighted by molar-refractivity contribution is -0.116. The van der Waals surface area contributed by atoms with Gasteiger partial charge in [0.2, 0.25) is 11.8 Å². The molecule has 2 aromatic heterocycles. The maximum absolute atomic E-state index is 12.2. The van der Waals surface area contributed by atoms with Gasteiger partial charge in [-0.25, -0.2) is 0 Å². The van der Waals surface area contributed by atoms with Crippen LogP contribution in [0.1, 0.15) is 23.4 Å². The zero-order chi connectivity index (χ0) is 17.1. The number of aromatic nitrogens is 2. The Morgan fingerprint density at radius 2 is 2.17 bits per heavy atom. The van der Waals surface area contributed by atoms with E-state index in [4.69, 9.17) is 16.0 Å². The molecule has 0 aliphatic heterocycles. The van der Waals surface area contributed by atoms with Crippen molar-refractivity contribution in [2.75, 3.05) is 5.32 Å². The Bertz CT molecular complexity index is 836. The average molecular weight is 362 g/mol.